The highest BCUT2D eigenvalue weighted by Crippen LogP contribution is 2.35. The zero-order valence-corrected chi connectivity index (χ0v) is 14.6. The standard InChI is InChI=1S/C17H22N2O5S/c20-15(21)10-17(7-2-8-17)19-16(22)13-3-1-4-14(9-13)25(23,24)18-11-12-5-6-12/h1,3-4,9,12,18H,2,5-8,10-11H2,(H,19,22)(H,20,21). The van der Waals surface area contributed by atoms with Crippen LogP contribution in [0, 0.1) is 5.92 Å². The number of carbonyl (C=O) groups excluding carboxylic acids is 1. The van der Waals surface area contributed by atoms with Gasteiger partial charge in [0, 0.05) is 12.1 Å². The lowest BCUT2D eigenvalue weighted by atomic mass is 9.74. The lowest BCUT2D eigenvalue weighted by molar-refractivity contribution is -0.139. The minimum absolute atomic E-state index is 0.0432. The molecule has 1 amide bonds. The van der Waals surface area contributed by atoms with Gasteiger partial charge in [0.25, 0.3) is 5.91 Å². The number of rotatable bonds is 8. The van der Waals surface area contributed by atoms with Crippen molar-refractivity contribution >= 4 is 21.9 Å². The van der Waals surface area contributed by atoms with Gasteiger partial charge in [0.05, 0.1) is 16.9 Å². The van der Waals surface area contributed by atoms with E-state index in [2.05, 4.69) is 10.0 Å². The molecule has 3 N–H and O–H groups in total. The average molecular weight is 366 g/mol. The largest absolute Gasteiger partial charge is 0.481 e. The third kappa shape index (κ3) is 4.38. The summed E-state index contributed by atoms with van der Waals surface area (Å²) in [6.45, 7) is 0.417. The molecule has 1 aromatic rings. The summed E-state index contributed by atoms with van der Waals surface area (Å²) in [5.74, 6) is -0.989. The molecule has 1 aromatic carbocycles. The summed E-state index contributed by atoms with van der Waals surface area (Å²) in [5, 5.41) is 11.8. The van der Waals surface area contributed by atoms with Crippen LogP contribution in [0.2, 0.25) is 0 Å². The Kier molecular flexibility index (Phi) is 4.83. The zero-order chi connectivity index (χ0) is 18.1. The molecule has 7 nitrogen and oxygen atoms in total. The maximum atomic E-state index is 12.5. The van der Waals surface area contributed by atoms with Crippen LogP contribution in [0.3, 0.4) is 0 Å². The van der Waals surface area contributed by atoms with Crippen molar-refractivity contribution in [2.45, 2.75) is 49.0 Å². The number of nitrogens with one attached hydrogen (secondary N) is 2. The van der Waals surface area contributed by atoms with Gasteiger partial charge in [-0.1, -0.05) is 6.07 Å². The Hall–Kier alpha value is -1.93. The summed E-state index contributed by atoms with van der Waals surface area (Å²) >= 11 is 0. The number of sulfonamides is 1. The normalized spacial score (nSPS) is 19.0. The van der Waals surface area contributed by atoms with Crippen molar-refractivity contribution < 1.29 is 23.1 Å². The molecule has 0 radical (unpaired) electrons. The maximum absolute atomic E-state index is 12.5. The third-order valence-electron chi connectivity index (χ3n) is 4.84. The molecule has 2 saturated carbocycles. The third-order valence-corrected chi connectivity index (χ3v) is 6.27. The van der Waals surface area contributed by atoms with Crippen molar-refractivity contribution in [1.29, 1.82) is 0 Å². The summed E-state index contributed by atoms with van der Waals surface area (Å²) < 4.78 is 27.2. The number of amides is 1. The SMILES string of the molecule is O=C(O)CC1(NC(=O)c2cccc(S(=O)(=O)NCC3CC3)c2)CCC1. The van der Waals surface area contributed by atoms with E-state index in [1.54, 1.807) is 0 Å². The summed E-state index contributed by atoms with van der Waals surface area (Å²) in [5.41, 5.74) is -0.506. The Bertz CT molecular complexity index is 782. The van der Waals surface area contributed by atoms with E-state index < -0.39 is 27.4 Å². The van der Waals surface area contributed by atoms with Gasteiger partial charge in [0.15, 0.2) is 0 Å². The molecule has 8 heteroatoms. The van der Waals surface area contributed by atoms with Gasteiger partial charge < -0.3 is 10.4 Å². The number of aliphatic carboxylic acids is 1. The minimum atomic E-state index is -3.65. The topological polar surface area (TPSA) is 113 Å². The van der Waals surface area contributed by atoms with Crippen molar-refractivity contribution in [2.75, 3.05) is 6.54 Å². The highest BCUT2D eigenvalue weighted by atomic mass is 32.2. The van der Waals surface area contributed by atoms with E-state index >= 15 is 0 Å². The van der Waals surface area contributed by atoms with E-state index in [4.69, 9.17) is 5.11 Å². The zero-order valence-electron chi connectivity index (χ0n) is 13.8. The Morgan fingerprint density at radius 1 is 1.24 bits per heavy atom. The van der Waals surface area contributed by atoms with Crippen molar-refractivity contribution in [2.24, 2.45) is 5.92 Å². The van der Waals surface area contributed by atoms with Crippen molar-refractivity contribution in [3.05, 3.63) is 29.8 Å². The van der Waals surface area contributed by atoms with E-state index in [-0.39, 0.29) is 16.9 Å². The molecule has 0 spiro atoms. The lowest BCUT2D eigenvalue weighted by Gasteiger charge is -2.41. The first-order valence-corrected chi connectivity index (χ1v) is 9.92. The van der Waals surface area contributed by atoms with Crippen LogP contribution in [0.4, 0.5) is 0 Å². The number of hydrogen-bond acceptors (Lipinski definition) is 4. The maximum Gasteiger partial charge on any atom is 0.305 e. The Morgan fingerprint density at radius 3 is 2.52 bits per heavy atom. The number of benzene rings is 1. The fraction of sp³-hybridized carbons (Fsp3) is 0.529. The van der Waals surface area contributed by atoms with Gasteiger partial charge in [-0.05, 0) is 56.2 Å². The van der Waals surface area contributed by atoms with Crippen molar-refractivity contribution in [1.82, 2.24) is 10.0 Å². The van der Waals surface area contributed by atoms with Crippen molar-refractivity contribution in [3.63, 3.8) is 0 Å². The molecular formula is C17H22N2O5S. The molecule has 0 bridgehead atoms. The van der Waals surface area contributed by atoms with E-state index in [0.29, 0.717) is 25.3 Å². The summed E-state index contributed by atoms with van der Waals surface area (Å²) in [4.78, 5) is 23.5. The molecule has 2 aliphatic carbocycles. The van der Waals surface area contributed by atoms with E-state index in [1.807, 2.05) is 0 Å². The number of hydrogen-bond donors (Lipinski definition) is 3. The Labute approximate surface area is 146 Å². The Morgan fingerprint density at radius 2 is 1.96 bits per heavy atom. The molecular weight excluding hydrogens is 344 g/mol. The molecule has 25 heavy (non-hydrogen) atoms. The fourth-order valence-corrected chi connectivity index (χ4v) is 4.15. The van der Waals surface area contributed by atoms with Crippen LogP contribution in [-0.4, -0.2) is 37.5 Å². The van der Waals surface area contributed by atoms with E-state index in [0.717, 1.165) is 19.3 Å². The van der Waals surface area contributed by atoms with Gasteiger partial charge in [-0.25, -0.2) is 13.1 Å². The van der Waals surface area contributed by atoms with Crippen LogP contribution in [0.5, 0.6) is 0 Å². The van der Waals surface area contributed by atoms with Crippen LogP contribution < -0.4 is 10.0 Å². The molecule has 2 aliphatic rings. The van der Waals surface area contributed by atoms with Gasteiger partial charge in [-0.3, -0.25) is 9.59 Å². The molecule has 0 unspecified atom stereocenters. The quantitative estimate of drug-likeness (QED) is 0.645. The minimum Gasteiger partial charge on any atom is -0.481 e. The van der Waals surface area contributed by atoms with Crippen LogP contribution in [0.1, 0.15) is 48.9 Å². The fourth-order valence-electron chi connectivity index (χ4n) is 2.99. The first kappa shape index (κ1) is 17.9. The number of carboxylic acid groups (broad SMARTS) is 1. The summed E-state index contributed by atoms with van der Waals surface area (Å²) in [6, 6.07) is 5.83. The molecule has 0 aliphatic heterocycles. The van der Waals surface area contributed by atoms with Crippen LogP contribution in [-0.2, 0) is 14.8 Å². The highest BCUT2D eigenvalue weighted by molar-refractivity contribution is 7.89. The van der Waals surface area contributed by atoms with Gasteiger partial charge >= 0.3 is 5.97 Å². The first-order chi connectivity index (χ1) is 11.8. The van der Waals surface area contributed by atoms with E-state index in [9.17, 15) is 18.0 Å². The van der Waals surface area contributed by atoms with Crippen molar-refractivity contribution in [3.8, 4) is 0 Å². The molecule has 0 heterocycles. The lowest BCUT2D eigenvalue weighted by Crippen LogP contribution is -2.54. The first-order valence-electron chi connectivity index (χ1n) is 8.44. The molecule has 3 rings (SSSR count). The Balaban J connectivity index is 1.71. The second kappa shape index (κ2) is 6.76. The smallest absolute Gasteiger partial charge is 0.305 e. The number of carbonyl (C=O) groups is 2. The second-order valence-electron chi connectivity index (χ2n) is 6.98. The van der Waals surface area contributed by atoms with E-state index in [1.165, 1.54) is 24.3 Å². The molecule has 0 aromatic heterocycles. The predicted molar refractivity (Wildman–Crippen MR) is 90.7 cm³/mol. The molecule has 0 atom stereocenters. The molecule has 2 fully saturated rings. The summed E-state index contributed by atoms with van der Waals surface area (Å²) in [6.07, 6.45) is 4.05. The van der Waals surface area contributed by atoms with Gasteiger partial charge in [0.1, 0.15) is 0 Å². The van der Waals surface area contributed by atoms with Crippen LogP contribution in [0.25, 0.3) is 0 Å². The predicted octanol–water partition coefficient (Wildman–Crippen LogP) is 1.50. The van der Waals surface area contributed by atoms with Crippen LogP contribution >= 0.6 is 0 Å². The number of carboxylic acids is 1. The average Bonchev–Trinajstić information content (AvgIpc) is 3.35. The van der Waals surface area contributed by atoms with Gasteiger partial charge in [-0.2, -0.15) is 0 Å². The highest BCUT2D eigenvalue weighted by Gasteiger charge is 2.40. The van der Waals surface area contributed by atoms with Crippen LogP contribution in [0.15, 0.2) is 29.2 Å². The summed E-state index contributed by atoms with van der Waals surface area (Å²) in [7, 11) is -3.65. The molecule has 136 valence electrons. The molecule has 0 saturated heterocycles. The van der Waals surface area contributed by atoms with Gasteiger partial charge in [-0.15, -0.1) is 0 Å². The van der Waals surface area contributed by atoms with Gasteiger partial charge in [0.2, 0.25) is 10.0 Å². The monoisotopic (exact) mass is 366 g/mol. The second-order valence-corrected chi connectivity index (χ2v) is 8.75.